The fourth-order valence-corrected chi connectivity index (χ4v) is 2.87. The van der Waals surface area contributed by atoms with E-state index in [4.69, 9.17) is 0 Å². The molecule has 1 atom stereocenters. The summed E-state index contributed by atoms with van der Waals surface area (Å²) in [6, 6.07) is 0. The van der Waals surface area contributed by atoms with E-state index in [1.54, 1.807) is 0 Å². The SMILES string of the molecule is O=c1c2c([nH]n1CC1CCCNC1)CNCC2. The lowest BCUT2D eigenvalue weighted by Gasteiger charge is -2.22. The Labute approximate surface area is 101 Å². The monoisotopic (exact) mass is 236 g/mol. The zero-order valence-electron chi connectivity index (χ0n) is 10.1. The molecular weight excluding hydrogens is 216 g/mol. The molecule has 0 radical (unpaired) electrons. The first kappa shape index (κ1) is 11.0. The summed E-state index contributed by atoms with van der Waals surface area (Å²) in [6.07, 6.45) is 3.31. The van der Waals surface area contributed by atoms with Crippen molar-refractivity contribution in [1.29, 1.82) is 0 Å². The third-order valence-corrected chi connectivity index (χ3v) is 3.83. The molecule has 5 heteroatoms. The lowest BCUT2D eigenvalue weighted by molar-refractivity contribution is 0.321. The predicted octanol–water partition coefficient (Wildman–Crippen LogP) is -0.178. The zero-order chi connectivity index (χ0) is 11.7. The minimum Gasteiger partial charge on any atom is -0.316 e. The molecule has 2 aliphatic heterocycles. The Balaban J connectivity index is 1.78. The molecule has 1 fully saturated rings. The maximum absolute atomic E-state index is 12.2. The van der Waals surface area contributed by atoms with Crippen LogP contribution >= 0.6 is 0 Å². The summed E-state index contributed by atoms with van der Waals surface area (Å²) in [5.41, 5.74) is 2.28. The summed E-state index contributed by atoms with van der Waals surface area (Å²) >= 11 is 0. The summed E-state index contributed by atoms with van der Waals surface area (Å²) in [6.45, 7) is 4.72. The third kappa shape index (κ3) is 2.17. The molecule has 2 aliphatic rings. The normalized spacial score (nSPS) is 24.6. The van der Waals surface area contributed by atoms with Crippen LogP contribution in [-0.4, -0.2) is 29.4 Å². The third-order valence-electron chi connectivity index (χ3n) is 3.83. The van der Waals surface area contributed by atoms with E-state index in [1.807, 2.05) is 4.68 Å². The fraction of sp³-hybridized carbons (Fsp3) is 0.750. The van der Waals surface area contributed by atoms with Crippen molar-refractivity contribution in [3.8, 4) is 0 Å². The van der Waals surface area contributed by atoms with Crippen molar-refractivity contribution in [3.63, 3.8) is 0 Å². The van der Waals surface area contributed by atoms with E-state index in [0.29, 0.717) is 5.92 Å². The van der Waals surface area contributed by atoms with Crippen LogP contribution in [0.15, 0.2) is 4.79 Å². The van der Waals surface area contributed by atoms with E-state index < -0.39 is 0 Å². The van der Waals surface area contributed by atoms with Crippen LogP contribution in [0.5, 0.6) is 0 Å². The Hall–Kier alpha value is -1.07. The average molecular weight is 236 g/mol. The van der Waals surface area contributed by atoms with Gasteiger partial charge >= 0.3 is 0 Å². The van der Waals surface area contributed by atoms with Crippen molar-refractivity contribution < 1.29 is 0 Å². The second kappa shape index (κ2) is 4.66. The van der Waals surface area contributed by atoms with E-state index in [1.165, 1.54) is 12.8 Å². The van der Waals surface area contributed by atoms with Crippen molar-refractivity contribution in [2.24, 2.45) is 5.92 Å². The van der Waals surface area contributed by atoms with Gasteiger partial charge in [0.15, 0.2) is 0 Å². The van der Waals surface area contributed by atoms with Gasteiger partial charge in [-0.1, -0.05) is 0 Å². The van der Waals surface area contributed by atoms with Gasteiger partial charge in [-0.2, -0.15) is 0 Å². The smallest absolute Gasteiger partial charge is 0.270 e. The number of aromatic amines is 1. The van der Waals surface area contributed by atoms with E-state index in [9.17, 15) is 4.79 Å². The highest BCUT2D eigenvalue weighted by molar-refractivity contribution is 5.20. The second-order valence-electron chi connectivity index (χ2n) is 5.12. The maximum atomic E-state index is 12.2. The van der Waals surface area contributed by atoms with Crippen molar-refractivity contribution in [2.75, 3.05) is 19.6 Å². The minimum absolute atomic E-state index is 0.201. The average Bonchev–Trinajstić information content (AvgIpc) is 2.68. The van der Waals surface area contributed by atoms with E-state index in [-0.39, 0.29) is 5.56 Å². The molecule has 0 spiro atoms. The number of nitrogens with zero attached hydrogens (tertiary/aromatic N) is 1. The highest BCUT2D eigenvalue weighted by Gasteiger charge is 2.20. The molecule has 0 amide bonds. The summed E-state index contributed by atoms with van der Waals surface area (Å²) in [7, 11) is 0. The summed E-state index contributed by atoms with van der Waals surface area (Å²) in [4.78, 5) is 12.2. The summed E-state index contributed by atoms with van der Waals surface area (Å²) in [5.74, 6) is 0.592. The van der Waals surface area contributed by atoms with E-state index in [2.05, 4.69) is 15.7 Å². The number of aromatic nitrogens is 2. The van der Waals surface area contributed by atoms with Gasteiger partial charge in [-0.05, 0) is 44.8 Å². The number of piperidine rings is 1. The molecule has 1 aromatic rings. The lowest BCUT2D eigenvalue weighted by Crippen LogP contribution is -2.34. The molecule has 5 nitrogen and oxygen atoms in total. The van der Waals surface area contributed by atoms with Gasteiger partial charge in [-0.15, -0.1) is 0 Å². The standard InChI is InChI=1S/C12H20N4O/c17-12-10-3-5-14-7-11(10)15-16(12)8-9-2-1-4-13-6-9/h9,13-15H,1-8H2. The molecule has 94 valence electrons. The molecule has 1 aromatic heterocycles. The van der Waals surface area contributed by atoms with Crippen molar-refractivity contribution in [3.05, 3.63) is 21.6 Å². The zero-order valence-corrected chi connectivity index (χ0v) is 10.1. The predicted molar refractivity (Wildman–Crippen MR) is 66.1 cm³/mol. The van der Waals surface area contributed by atoms with Crippen LogP contribution in [0.3, 0.4) is 0 Å². The first-order valence-electron chi connectivity index (χ1n) is 6.56. The molecular formula is C12H20N4O. The first-order valence-corrected chi connectivity index (χ1v) is 6.56. The molecule has 1 saturated heterocycles. The van der Waals surface area contributed by atoms with Crippen LogP contribution in [0.2, 0.25) is 0 Å². The van der Waals surface area contributed by atoms with Crippen molar-refractivity contribution >= 4 is 0 Å². The highest BCUT2D eigenvalue weighted by Crippen LogP contribution is 2.13. The van der Waals surface area contributed by atoms with E-state index >= 15 is 0 Å². The van der Waals surface area contributed by atoms with E-state index in [0.717, 1.165) is 50.4 Å². The molecule has 3 rings (SSSR count). The second-order valence-corrected chi connectivity index (χ2v) is 5.12. The van der Waals surface area contributed by atoms with Crippen LogP contribution in [0.4, 0.5) is 0 Å². The van der Waals surface area contributed by atoms with Gasteiger partial charge in [0, 0.05) is 18.7 Å². The Morgan fingerprint density at radius 2 is 2.24 bits per heavy atom. The van der Waals surface area contributed by atoms with Crippen LogP contribution in [0, 0.1) is 5.92 Å². The molecule has 0 saturated carbocycles. The number of hydrogen-bond acceptors (Lipinski definition) is 3. The quantitative estimate of drug-likeness (QED) is 0.667. The van der Waals surface area contributed by atoms with Gasteiger partial charge in [0.1, 0.15) is 0 Å². The molecule has 3 heterocycles. The first-order chi connectivity index (χ1) is 8.34. The van der Waals surface area contributed by atoms with Crippen molar-refractivity contribution in [1.82, 2.24) is 20.4 Å². The number of nitrogens with one attached hydrogen (secondary N) is 3. The Morgan fingerprint density at radius 1 is 1.29 bits per heavy atom. The van der Waals surface area contributed by atoms with Crippen LogP contribution < -0.4 is 16.2 Å². The number of H-pyrrole nitrogens is 1. The Kier molecular flexibility index (Phi) is 3.03. The lowest BCUT2D eigenvalue weighted by atomic mass is 10.00. The van der Waals surface area contributed by atoms with Gasteiger partial charge in [0.2, 0.25) is 0 Å². The van der Waals surface area contributed by atoms with Gasteiger partial charge in [0.25, 0.3) is 5.56 Å². The van der Waals surface area contributed by atoms with Crippen LogP contribution in [-0.2, 0) is 19.5 Å². The Bertz CT molecular complexity index is 442. The van der Waals surface area contributed by atoms with Crippen LogP contribution in [0.25, 0.3) is 0 Å². The molecule has 1 unspecified atom stereocenters. The topological polar surface area (TPSA) is 61.9 Å². The van der Waals surface area contributed by atoms with Gasteiger partial charge in [-0.25, -0.2) is 0 Å². The molecule has 0 aliphatic carbocycles. The Morgan fingerprint density at radius 3 is 3.00 bits per heavy atom. The molecule has 17 heavy (non-hydrogen) atoms. The fourth-order valence-electron chi connectivity index (χ4n) is 2.87. The van der Waals surface area contributed by atoms with Gasteiger partial charge < -0.3 is 10.6 Å². The molecule has 3 N–H and O–H groups in total. The number of fused-ring (bicyclic) bond motifs is 1. The van der Waals surface area contributed by atoms with Crippen LogP contribution in [0.1, 0.15) is 24.1 Å². The highest BCUT2D eigenvalue weighted by atomic mass is 16.1. The minimum atomic E-state index is 0.201. The largest absolute Gasteiger partial charge is 0.316 e. The molecule has 0 aromatic carbocycles. The summed E-state index contributed by atoms with van der Waals surface area (Å²) in [5, 5.41) is 9.95. The van der Waals surface area contributed by atoms with Gasteiger partial charge in [0.05, 0.1) is 5.69 Å². The van der Waals surface area contributed by atoms with Crippen molar-refractivity contribution in [2.45, 2.75) is 32.4 Å². The number of rotatable bonds is 2. The maximum Gasteiger partial charge on any atom is 0.270 e. The molecule has 0 bridgehead atoms. The summed E-state index contributed by atoms with van der Waals surface area (Å²) < 4.78 is 1.81. The number of hydrogen-bond donors (Lipinski definition) is 3. The van der Waals surface area contributed by atoms with Gasteiger partial charge in [-0.3, -0.25) is 14.6 Å².